The third-order valence-corrected chi connectivity index (χ3v) is 4.79. The summed E-state index contributed by atoms with van der Waals surface area (Å²) in [4.78, 5) is 8.91. The largest absolute Gasteiger partial charge is 0.508 e. The third kappa shape index (κ3) is 4.65. The number of benzene rings is 2. The number of anilines is 1. The molecular weight excluding hydrogens is 359 g/mol. The summed E-state index contributed by atoms with van der Waals surface area (Å²) in [5.41, 5.74) is 1.35. The molecule has 1 aliphatic rings. The van der Waals surface area contributed by atoms with Gasteiger partial charge in [-0.05, 0) is 37.3 Å². The van der Waals surface area contributed by atoms with Crippen LogP contribution in [-0.4, -0.2) is 55.8 Å². The van der Waals surface area contributed by atoms with Gasteiger partial charge in [-0.3, -0.25) is 0 Å². The van der Waals surface area contributed by atoms with Crippen molar-refractivity contribution in [3.63, 3.8) is 0 Å². The van der Waals surface area contributed by atoms with Gasteiger partial charge in [0.25, 0.3) is 0 Å². The molecule has 0 bridgehead atoms. The van der Waals surface area contributed by atoms with Gasteiger partial charge < -0.3 is 25.0 Å². The van der Waals surface area contributed by atoms with E-state index < -0.39 is 0 Å². The summed E-state index contributed by atoms with van der Waals surface area (Å²) in [6.45, 7) is 6.03. The Labute approximate surface area is 165 Å². The molecule has 1 heterocycles. The van der Waals surface area contributed by atoms with Crippen LogP contribution < -0.4 is 15.0 Å². The van der Waals surface area contributed by atoms with Gasteiger partial charge in [-0.25, -0.2) is 9.38 Å². The number of phenolic OH excluding ortho intramolecular Hbond substituents is 1. The van der Waals surface area contributed by atoms with E-state index >= 15 is 0 Å². The average molecular weight is 386 g/mol. The van der Waals surface area contributed by atoms with Crippen LogP contribution in [0, 0.1) is 5.82 Å². The first-order valence-electron chi connectivity index (χ1n) is 9.51. The van der Waals surface area contributed by atoms with E-state index in [1.807, 2.05) is 19.1 Å². The lowest BCUT2D eigenvalue weighted by atomic mass is 10.2. The maximum Gasteiger partial charge on any atom is 0.194 e. The highest BCUT2D eigenvalue weighted by Crippen LogP contribution is 2.24. The Hall–Kier alpha value is -2.96. The molecule has 0 spiro atoms. The van der Waals surface area contributed by atoms with Gasteiger partial charge in [-0.15, -0.1) is 0 Å². The summed E-state index contributed by atoms with van der Waals surface area (Å²) in [6, 6.07) is 12.0. The maximum atomic E-state index is 14.0. The third-order valence-electron chi connectivity index (χ3n) is 4.79. The van der Waals surface area contributed by atoms with Crippen molar-refractivity contribution in [1.82, 2.24) is 10.2 Å². The summed E-state index contributed by atoms with van der Waals surface area (Å²) >= 11 is 0. The lowest BCUT2D eigenvalue weighted by molar-refractivity contribution is 0.370. The molecule has 1 fully saturated rings. The number of nitrogens with zero attached hydrogens (tertiary/aromatic N) is 3. The van der Waals surface area contributed by atoms with Crippen LogP contribution in [0.4, 0.5) is 10.1 Å². The van der Waals surface area contributed by atoms with Gasteiger partial charge in [0.2, 0.25) is 0 Å². The van der Waals surface area contributed by atoms with Gasteiger partial charge >= 0.3 is 0 Å². The second kappa shape index (κ2) is 9.30. The van der Waals surface area contributed by atoms with Gasteiger partial charge in [0, 0.05) is 38.3 Å². The van der Waals surface area contributed by atoms with Crippen molar-refractivity contribution in [3.05, 3.63) is 53.8 Å². The zero-order valence-corrected chi connectivity index (χ0v) is 16.4. The number of hydrogen-bond acceptors (Lipinski definition) is 4. The molecule has 0 aliphatic carbocycles. The predicted molar refractivity (Wildman–Crippen MR) is 110 cm³/mol. The van der Waals surface area contributed by atoms with Crippen molar-refractivity contribution in [1.29, 1.82) is 0 Å². The van der Waals surface area contributed by atoms with Crippen LogP contribution in [0.25, 0.3) is 0 Å². The molecule has 2 N–H and O–H groups in total. The number of ether oxygens (including phenoxy) is 1. The van der Waals surface area contributed by atoms with Gasteiger partial charge in [0.1, 0.15) is 17.3 Å². The number of aliphatic imine (C=N–C) groups is 1. The summed E-state index contributed by atoms with van der Waals surface area (Å²) in [7, 11) is 1.60. The second-order valence-electron chi connectivity index (χ2n) is 6.59. The smallest absolute Gasteiger partial charge is 0.194 e. The molecule has 0 unspecified atom stereocenters. The SMILES string of the molecule is CCNC(=NCc1cc(OC)ccc1O)N1CCN(c2ccccc2F)CC1. The van der Waals surface area contributed by atoms with Crippen LogP contribution in [0.5, 0.6) is 11.5 Å². The van der Waals surface area contributed by atoms with Gasteiger partial charge in [-0.1, -0.05) is 12.1 Å². The normalized spacial score (nSPS) is 14.9. The number of para-hydroxylation sites is 1. The highest BCUT2D eigenvalue weighted by molar-refractivity contribution is 5.80. The zero-order valence-electron chi connectivity index (χ0n) is 16.4. The number of guanidine groups is 1. The van der Waals surface area contributed by atoms with Gasteiger partial charge in [0.05, 0.1) is 19.3 Å². The Morgan fingerprint density at radius 3 is 2.61 bits per heavy atom. The second-order valence-corrected chi connectivity index (χ2v) is 6.59. The quantitative estimate of drug-likeness (QED) is 0.611. The van der Waals surface area contributed by atoms with Gasteiger partial charge in [0.15, 0.2) is 5.96 Å². The average Bonchev–Trinajstić information content (AvgIpc) is 2.73. The Balaban J connectivity index is 1.68. The molecule has 150 valence electrons. The van der Waals surface area contributed by atoms with E-state index in [-0.39, 0.29) is 11.6 Å². The Kier molecular flexibility index (Phi) is 6.57. The number of methoxy groups -OCH3 is 1. The fraction of sp³-hybridized carbons (Fsp3) is 0.381. The van der Waals surface area contributed by atoms with Crippen molar-refractivity contribution in [2.24, 2.45) is 4.99 Å². The molecule has 0 saturated carbocycles. The van der Waals surface area contributed by atoms with E-state index in [1.165, 1.54) is 6.07 Å². The van der Waals surface area contributed by atoms with Crippen LogP contribution in [0.15, 0.2) is 47.5 Å². The Morgan fingerprint density at radius 1 is 1.18 bits per heavy atom. The van der Waals surface area contributed by atoms with Crippen LogP contribution in [-0.2, 0) is 6.54 Å². The highest BCUT2D eigenvalue weighted by atomic mass is 19.1. The van der Waals surface area contributed by atoms with Crippen molar-refractivity contribution >= 4 is 11.6 Å². The summed E-state index contributed by atoms with van der Waals surface area (Å²) in [5.74, 6) is 1.49. The highest BCUT2D eigenvalue weighted by Gasteiger charge is 2.21. The van der Waals surface area contributed by atoms with Gasteiger partial charge in [-0.2, -0.15) is 0 Å². The monoisotopic (exact) mass is 386 g/mol. The number of halogens is 1. The van der Waals surface area contributed by atoms with Crippen molar-refractivity contribution in [2.45, 2.75) is 13.5 Å². The molecule has 7 heteroatoms. The number of nitrogens with one attached hydrogen (secondary N) is 1. The first kappa shape index (κ1) is 19.8. The van der Waals surface area contributed by atoms with E-state index in [9.17, 15) is 9.50 Å². The molecule has 0 atom stereocenters. The number of phenols is 1. The van der Waals surface area contributed by atoms with E-state index in [0.717, 1.165) is 38.7 Å². The van der Waals surface area contributed by atoms with Crippen molar-refractivity contribution in [2.75, 3.05) is 44.7 Å². The Morgan fingerprint density at radius 2 is 1.93 bits per heavy atom. The first-order valence-corrected chi connectivity index (χ1v) is 9.51. The van der Waals surface area contributed by atoms with Crippen LogP contribution in [0.2, 0.25) is 0 Å². The number of rotatable bonds is 5. The zero-order chi connectivity index (χ0) is 19.9. The summed E-state index contributed by atoms with van der Waals surface area (Å²) < 4.78 is 19.3. The summed E-state index contributed by atoms with van der Waals surface area (Å²) in [5, 5.41) is 13.4. The molecule has 1 aliphatic heterocycles. The van der Waals surface area contributed by atoms with Crippen LogP contribution in [0.3, 0.4) is 0 Å². The first-order chi connectivity index (χ1) is 13.6. The minimum atomic E-state index is -0.190. The van der Waals surface area contributed by atoms with E-state index in [4.69, 9.17) is 4.74 Å². The molecule has 28 heavy (non-hydrogen) atoms. The predicted octanol–water partition coefficient (Wildman–Crippen LogP) is 2.83. The molecule has 1 saturated heterocycles. The maximum absolute atomic E-state index is 14.0. The minimum absolute atomic E-state index is 0.190. The lowest BCUT2D eigenvalue weighted by Crippen LogP contribution is -2.52. The molecular formula is C21H27FN4O2. The van der Waals surface area contributed by atoms with Crippen LogP contribution in [0.1, 0.15) is 12.5 Å². The number of aromatic hydroxyl groups is 1. The lowest BCUT2D eigenvalue weighted by Gasteiger charge is -2.37. The molecule has 3 rings (SSSR count). The summed E-state index contributed by atoms with van der Waals surface area (Å²) in [6.07, 6.45) is 0. The molecule has 0 amide bonds. The van der Waals surface area contributed by atoms with E-state index in [0.29, 0.717) is 23.5 Å². The fourth-order valence-corrected chi connectivity index (χ4v) is 3.27. The topological polar surface area (TPSA) is 60.3 Å². The molecule has 2 aromatic rings. The molecule has 0 radical (unpaired) electrons. The standard InChI is InChI=1S/C21H27FN4O2/c1-3-23-21(24-15-16-14-17(28-2)8-9-20(16)27)26-12-10-25(11-13-26)19-7-5-4-6-18(19)22/h4-9,14,27H,3,10-13,15H2,1-2H3,(H,23,24). The molecule has 0 aromatic heterocycles. The van der Waals surface area contributed by atoms with Crippen molar-refractivity contribution in [3.8, 4) is 11.5 Å². The Bertz CT molecular complexity index is 820. The van der Waals surface area contributed by atoms with E-state index in [1.54, 1.807) is 31.4 Å². The number of hydrogen-bond donors (Lipinski definition) is 2. The fourth-order valence-electron chi connectivity index (χ4n) is 3.27. The van der Waals surface area contributed by atoms with E-state index in [2.05, 4.69) is 20.1 Å². The number of piperazine rings is 1. The minimum Gasteiger partial charge on any atom is -0.508 e. The molecule has 2 aromatic carbocycles. The van der Waals surface area contributed by atoms with Crippen molar-refractivity contribution < 1.29 is 14.2 Å². The van der Waals surface area contributed by atoms with Crippen LogP contribution >= 0.6 is 0 Å². The molecule has 6 nitrogen and oxygen atoms in total.